The summed E-state index contributed by atoms with van der Waals surface area (Å²) in [6.45, 7) is 11.3. The van der Waals surface area contributed by atoms with Gasteiger partial charge in [-0.05, 0) is 31.3 Å². The monoisotopic (exact) mass is 166 g/mol. The standard InChI is InChI=1S/C11H18O/c1-6-7-11(4,5)8-9(2)10(3)12/h6,8H,1,7H2,2-5H3/b9-8+. The smallest absolute Gasteiger partial charge is 0.155 e. The third-order valence-electron chi connectivity index (χ3n) is 1.83. The van der Waals surface area contributed by atoms with Gasteiger partial charge in [0.15, 0.2) is 5.78 Å². The Morgan fingerprint density at radius 2 is 1.92 bits per heavy atom. The van der Waals surface area contributed by atoms with Gasteiger partial charge in [0, 0.05) is 0 Å². The maximum Gasteiger partial charge on any atom is 0.155 e. The van der Waals surface area contributed by atoms with Crippen LogP contribution >= 0.6 is 0 Å². The molecule has 0 saturated carbocycles. The fraction of sp³-hybridized carbons (Fsp3) is 0.545. The van der Waals surface area contributed by atoms with E-state index in [-0.39, 0.29) is 11.2 Å². The zero-order chi connectivity index (χ0) is 9.78. The molecule has 0 radical (unpaired) electrons. The lowest BCUT2D eigenvalue weighted by Crippen LogP contribution is -2.08. The van der Waals surface area contributed by atoms with E-state index in [1.807, 2.05) is 19.1 Å². The van der Waals surface area contributed by atoms with Crippen molar-refractivity contribution in [2.75, 3.05) is 0 Å². The van der Waals surface area contributed by atoms with Crippen molar-refractivity contribution in [2.45, 2.75) is 34.1 Å². The minimum absolute atomic E-state index is 0.0531. The number of allylic oxidation sites excluding steroid dienone is 3. The van der Waals surface area contributed by atoms with Gasteiger partial charge in [-0.15, -0.1) is 6.58 Å². The highest BCUT2D eigenvalue weighted by Crippen LogP contribution is 2.24. The Labute approximate surface area is 75.2 Å². The Kier molecular flexibility index (Phi) is 3.94. The Bertz CT molecular complexity index is 209. The molecule has 0 aromatic carbocycles. The van der Waals surface area contributed by atoms with Crippen LogP contribution in [0.25, 0.3) is 0 Å². The molecule has 0 heterocycles. The molecule has 12 heavy (non-hydrogen) atoms. The van der Waals surface area contributed by atoms with Crippen LogP contribution in [0, 0.1) is 5.41 Å². The van der Waals surface area contributed by atoms with E-state index in [1.54, 1.807) is 6.92 Å². The van der Waals surface area contributed by atoms with Crippen molar-refractivity contribution in [1.82, 2.24) is 0 Å². The zero-order valence-electron chi connectivity index (χ0n) is 8.48. The molecule has 0 spiro atoms. The van der Waals surface area contributed by atoms with E-state index in [2.05, 4.69) is 20.4 Å². The second-order valence-corrected chi connectivity index (χ2v) is 3.86. The van der Waals surface area contributed by atoms with Gasteiger partial charge in [-0.2, -0.15) is 0 Å². The maximum atomic E-state index is 10.9. The Morgan fingerprint density at radius 3 is 2.25 bits per heavy atom. The van der Waals surface area contributed by atoms with Crippen molar-refractivity contribution in [3.63, 3.8) is 0 Å². The van der Waals surface area contributed by atoms with Crippen molar-refractivity contribution >= 4 is 5.78 Å². The summed E-state index contributed by atoms with van der Waals surface area (Å²) < 4.78 is 0. The van der Waals surface area contributed by atoms with Crippen LogP contribution in [0.4, 0.5) is 0 Å². The largest absolute Gasteiger partial charge is 0.295 e. The lowest BCUT2D eigenvalue weighted by Gasteiger charge is -2.18. The van der Waals surface area contributed by atoms with Gasteiger partial charge < -0.3 is 0 Å². The van der Waals surface area contributed by atoms with Crippen molar-refractivity contribution < 1.29 is 4.79 Å². The predicted octanol–water partition coefficient (Wildman–Crippen LogP) is 3.12. The minimum atomic E-state index is 0.0531. The summed E-state index contributed by atoms with van der Waals surface area (Å²) >= 11 is 0. The van der Waals surface area contributed by atoms with Gasteiger partial charge in [0.05, 0.1) is 0 Å². The molecule has 0 unspecified atom stereocenters. The second-order valence-electron chi connectivity index (χ2n) is 3.86. The molecule has 0 saturated heterocycles. The van der Waals surface area contributed by atoms with Crippen LogP contribution in [-0.4, -0.2) is 5.78 Å². The highest BCUT2D eigenvalue weighted by atomic mass is 16.1. The Balaban J connectivity index is 4.48. The lowest BCUT2D eigenvalue weighted by atomic mass is 9.87. The summed E-state index contributed by atoms with van der Waals surface area (Å²) in [5, 5.41) is 0. The van der Waals surface area contributed by atoms with Crippen LogP contribution in [0.2, 0.25) is 0 Å². The van der Waals surface area contributed by atoms with Crippen molar-refractivity contribution in [1.29, 1.82) is 0 Å². The molecule has 0 fully saturated rings. The fourth-order valence-electron chi connectivity index (χ4n) is 1.12. The Morgan fingerprint density at radius 1 is 1.42 bits per heavy atom. The van der Waals surface area contributed by atoms with Gasteiger partial charge in [-0.3, -0.25) is 4.79 Å². The van der Waals surface area contributed by atoms with E-state index < -0.39 is 0 Å². The SMILES string of the molecule is C=CCC(C)(C)/C=C(\C)C(C)=O. The third-order valence-corrected chi connectivity index (χ3v) is 1.83. The first-order chi connectivity index (χ1) is 5.39. The molecule has 0 amide bonds. The van der Waals surface area contributed by atoms with Crippen LogP contribution < -0.4 is 0 Å². The summed E-state index contributed by atoms with van der Waals surface area (Å²) in [5.41, 5.74) is 0.888. The lowest BCUT2D eigenvalue weighted by molar-refractivity contribution is -0.113. The summed E-state index contributed by atoms with van der Waals surface area (Å²) in [7, 11) is 0. The van der Waals surface area contributed by atoms with Crippen molar-refractivity contribution in [3.05, 3.63) is 24.3 Å². The van der Waals surface area contributed by atoms with Crippen molar-refractivity contribution in [2.24, 2.45) is 5.41 Å². The van der Waals surface area contributed by atoms with Crippen LogP contribution in [0.5, 0.6) is 0 Å². The fourth-order valence-corrected chi connectivity index (χ4v) is 1.12. The number of rotatable bonds is 4. The summed E-state index contributed by atoms with van der Waals surface area (Å²) in [5.74, 6) is 0.145. The molecule has 0 atom stereocenters. The number of Topliss-reactive ketones (excluding diaryl/α,β-unsaturated/α-hetero) is 1. The van der Waals surface area contributed by atoms with Gasteiger partial charge in [0.2, 0.25) is 0 Å². The molecule has 0 aliphatic rings. The second kappa shape index (κ2) is 4.24. The van der Waals surface area contributed by atoms with Crippen LogP contribution in [0.1, 0.15) is 34.1 Å². The van der Waals surface area contributed by atoms with E-state index in [9.17, 15) is 4.79 Å². The molecule has 1 heteroatoms. The number of ketones is 1. The van der Waals surface area contributed by atoms with Crippen LogP contribution in [-0.2, 0) is 4.79 Å². The average molecular weight is 166 g/mol. The van der Waals surface area contributed by atoms with Crippen LogP contribution in [0.3, 0.4) is 0 Å². The third kappa shape index (κ3) is 4.12. The molecular weight excluding hydrogens is 148 g/mol. The predicted molar refractivity (Wildman–Crippen MR) is 53.0 cm³/mol. The number of carbonyl (C=O) groups is 1. The summed E-state index contributed by atoms with van der Waals surface area (Å²) in [4.78, 5) is 10.9. The zero-order valence-corrected chi connectivity index (χ0v) is 8.48. The molecule has 1 nitrogen and oxygen atoms in total. The summed E-state index contributed by atoms with van der Waals surface area (Å²) in [6.07, 6.45) is 4.79. The van der Waals surface area contributed by atoms with E-state index in [4.69, 9.17) is 0 Å². The average Bonchev–Trinajstić information content (AvgIpc) is 1.85. The minimum Gasteiger partial charge on any atom is -0.295 e. The number of hydrogen-bond donors (Lipinski definition) is 0. The normalized spacial score (nSPS) is 12.8. The van der Waals surface area contributed by atoms with Gasteiger partial charge in [-0.1, -0.05) is 26.0 Å². The van der Waals surface area contributed by atoms with Gasteiger partial charge in [0.25, 0.3) is 0 Å². The van der Waals surface area contributed by atoms with E-state index in [1.165, 1.54) is 0 Å². The van der Waals surface area contributed by atoms with Crippen molar-refractivity contribution in [3.8, 4) is 0 Å². The molecule has 0 N–H and O–H groups in total. The first-order valence-electron chi connectivity index (χ1n) is 4.20. The first-order valence-corrected chi connectivity index (χ1v) is 4.20. The highest BCUT2D eigenvalue weighted by molar-refractivity contribution is 5.92. The summed E-state index contributed by atoms with van der Waals surface area (Å²) in [6, 6.07) is 0. The maximum absolute atomic E-state index is 10.9. The molecule has 0 aliphatic carbocycles. The molecule has 0 aromatic heterocycles. The van der Waals surface area contributed by atoms with Gasteiger partial charge in [-0.25, -0.2) is 0 Å². The highest BCUT2D eigenvalue weighted by Gasteiger charge is 2.13. The molecule has 0 aliphatic heterocycles. The number of carbonyl (C=O) groups excluding carboxylic acids is 1. The molecule has 68 valence electrons. The van der Waals surface area contributed by atoms with E-state index in [0.717, 1.165) is 12.0 Å². The quantitative estimate of drug-likeness (QED) is 0.463. The molecular formula is C11H18O. The van der Waals surface area contributed by atoms with Gasteiger partial charge in [0.1, 0.15) is 0 Å². The van der Waals surface area contributed by atoms with E-state index in [0.29, 0.717) is 0 Å². The Hall–Kier alpha value is -0.850. The van der Waals surface area contributed by atoms with Gasteiger partial charge >= 0.3 is 0 Å². The van der Waals surface area contributed by atoms with Crippen LogP contribution in [0.15, 0.2) is 24.3 Å². The molecule has 0 rings (SSSR count). The molecule has 0 bridgehead atoms. The van der Waals surface area contributed by atoms with E-state index >= 15 is 0 Å². The first kappa shape index (κ1) is 11.2. The topological polar surface area (TPSA) is 17.1 Å². The number of hydrogen-bond acceptors (Lipinski definition) is 1. The molecule has 0 aromatic rings.